The summed E-state index contributed by atoms with van der Waals surface area (Å²) in [5, 5.41) is 8.00. The second kappa shape index (κ2) is 8.95. The summed E-state index contributed by atoms with van der Waals surface area (Å²) in [4.78, 5) is 13.2. The number of ether oxygens (including phenoxy) is 1. The second-order valence-electron chi connectivity index (χ2n) is 7.58. The predicted molar refractivity (Wildman–Crippen MR) is 114 cm³/mol. The van der Waals surface area contributed by atoms with Crippen LogP contribution in [0.1, 0.15) is 48.0 Å². The summed E-state index contributed by atoms with van der Waals surface area (Å²) >= 11 is 0. The lowest BCUT2D eigenvalue weighted by Crippen LogP contribution is -2.36. The first-order chi connectivity index (χ1) is 14.2. The molecule has 0 atom stereocenters. The smallest absolute Gasteiger partial charge is 0.255 e. The molecule has 3 aromatic rings. The molecule has 0 aliphatic heterocycles. The highest BCUT2D eigenvalue weighted by Crippen LogP contribution is 2.31. The van der Waals surface area contributed by atoms with E-state index < -0.39 is 0 Å². The summed E-state index contributed by atoms with van der Waals surface area (Å²) < 4.78 is 7.37. The fourth-order valence-electron chi connectivity index (χ4n) is 3.99. The quantitative estimate of drug-likeness (QED) is 0.667. The van der Waals surface area contributed by atoms with Gasteiger partial charge in [-0.15, -0.1) is 0 Å². The average molecular weight is 389 g/mol. The molecule has 1 N–H and O–H groups in total. The summed E-state index contributed by atoms with van der Waals surface area (Å²) in [5.41, 5.74) is 3.22. The van der Waals surface area contributed by atoms with Crippen LogP contribution in [-0.2, 0) is 6.54 Å². The fourth-order valence-corrected chi connectivity index (χ4v) is 3.99. The van der Waals surface area contributed by atoms with E-state index in [4.69, 9.17) is 9.84 Å². The van der Waals surface area contributed by atoms with Crippen molar-refractivity contribution in [1.29, 1.82) is 0 Å². The van der Waals surface area contributed by atoms with Gasteiger partial charge in [-0.3, -0.25) is 9.48 Å². The highest BCUT2D eigenvalue weighted by Gasteiger charge is 2.23. The van der Waals surface area contributed by atoms with Crippen molar-refractivity contribution in [2.24, 2.45) is 0 Å². The molecule has 5 heteroatoms. The van der Waals surface area contributed by atoms with Crippen molar-refractivity contribution in [2.45, 2.75) is 44.7 Å². The minimum atomic E-state index is -0.0582. The minimum Gasteiger partial charge on any atom is -0.496 e. The maximum atomic E-state index is 13.2. The number of aromatic nitrogens is 2. The van der Waals surface area contributed by atoms with Crippen LogP contribution >= 0.6 is 0 Å². The van der Waals surface area contributed by atoms with Crippen LogP contribution in [0, 0.1) is 0 Å². The second-order valence-corrected chi connectivity index (χ2v) is 7.58. The molecule has 0 bridgehead atoms. The first-order valence-corrected chi connectivity index (χ1v) is 10.3. The van der Waals surface area contributed by atoms with Gasteiger partial charge in [-0.05, 0) is 30.5 Å². The standard InChI is InChI=1S/C24H27N3O2/c1-29-22-15-9-8-14-20(22)23-21(24(28)25-19-12-6-3-7-13-19)17-27(26-23)16-18-10-4-2-5-11-18/h2,4-5,8-11,14-15,17,19H,3,6-7,12-13,16H2,1H3,(H,25,28). The number of hydrogen-bond acceptors (Lipinski definition) is 3. The summed E-state index contributed by atoms with van der Waals surface area (Å²) in [6, 6.07) is 18.1. The molecule has 1 amide bonds. The lowest BCUT2D eigenvalue weighted by Gasteiger charge is -2.22. The first kappa shape index (κ1) is 19.2. The molecule has 29 heavy (non-hydrogen) atoms. The van der Waals surface area contributed by atoms with E-state index in [1.807, 2.05) is 53.3 Å². The van der Waals surface area contributed by atoms with Crippen LogP contribution in [0.3, 0.4) is 0 Å². The van der Waals surface area contributed by atoms with Gasteiger partial charge < -0.3 is 10.1 Å². The van der Waals surface area contributed by atoms with Crippen LogP contribution in [0.25, 0.3) is 11.3 Å². The molecule has 1 aliphatic carbocycles. The highest BCUT2D eigenvalue weighted by atomic mass is 16.5. The molecule has 2 aromatic carbocycles. The molecule has 1 aliphatic rings. The Bertz CT molecular complexity index is 959. The maximum Gasteiger partial charge on any atom is 0.255 e. The van der Waals surface area contributed by atoms with Crippen molar-refractivity contribution in [3.05, 3.63) is 71.9 Å². The molecule has 0 unspecified atom stereocenters. The Kier molecular flexibility index (Phi) is 5.94. The molecule has 0 radical (unpaired) electrons. The topological polar surface area (TPSA) is 56.2 Å². The molecule has 0 spiro atoms. The normalized spacial score (nSPS) is 14.5. The number of para-hydroxylation sites is 1. The summed E-state index contributed by atoms with van der Waals surface area (Å²) in [6.45, 7) is 0.611. The Morgan fingerprint density at radius 3 is 2.55 bits per heavy atom. The maximum absolute atomic E-state index is 13.2. The van der Waals surface area contributed by atoms with Crippen LogP contribution in [0.15, 0.2) is 60.8 Å². The SMILES string of the molecule is COc1ccccc1-c1nn(Cc2ccccc2)cc1C(=O)NC1CCCCC1. The van der Waals surface area contributed by atoms with E-state index in [9.17, 15) is 4.79 Å². The van der Waals surface area contributed by atoms with Crippen LogP contribution in [0.2, 0.25) is 0 Å². The molecule has 1 saturated carbocycles. The number of nitrogens with zero attached hydrogens (tertiary/aromatic N) is 2. The van der Waals surface area contributed by atoms with Gasteiger partial charge in [-0.2, -0.15) is 5.10 Å². The van der Waals surface area contributed by atoms with Gasteiger partial charge in [0.05, 0.1) is 19.2 Å². The zero-order valence-corrected chi connectivity index (χ0v) is 16.8. The number of benzene rings is 2. The molecular weight excluding hydrogens is 362 g/mol. The van der Waals surface area contributed by atoms with Crippen LogP contribution in [0.5, 0.6) is 5.75 Å². The highest BCUT2D eigenvalue weighted by molar-refractivity contribution is 6.00. The third-order valence-electron chi connectivity index (χ3n) is 5.50. The number of carbonyl (C=O) groups is 1. The van der Waals surface area contributed by atoms with E-state index in [-0.39, 0.29) is 11.9 Å². The van der Waals surface area contributed by atoms with E-state index in [0.29, 0.717) is 23.6 Å². The van der Waals surface area contributed by atoms with Crippen LogP contribution in [-0.4, -0.2) is 28.8 Å². The predicted octanol–water partition coefficient (Wildman–Crippen LogP) is 4.67. The third kappa shape index (κ3) is 4.50. The van der Waals surface area contributed by atoms with Gasteiger partial charge in [0.25, 0.3) is 5.91 Å². The lowest BCUT2D eigenvalue weighted by molar-refractivity contribution is 0.0928. The molecule has 1 fully saturated rings. The van der Waals surface area contributed by atoms with E-state index in [0.717, 1.165) is 24.0 Å². The van der Waals surface area contributed by atoms with E-state index in [2.05, 4.69) is 17.4 Å². The Hall–Kier alpha value is -3.08. The van der Waals surface area contributed by atoms with Gasteiger partial charge in [-0.25, -0.2) is 0 Å². The molecule has 150 valence electrons. The van der Waals surface area contributed by atoms with Crippen LogP contribution in [0.4, 0.5) is 0 Å². The largest absolute Gasteiger partial charge is 0.496 e. The monoisotopic (exact) mass is 389 g/mol. The first-order valence-electron chi connectivity index (χ1n) is 10.3. The number of hydrogen-bond donors (Lipinski definition) is 1. The Labute approximate surface area is 171 Å². The molecule has 5 nitrogen and oxygen atoms in total. The Morgan fingerprint density at radius 2 is 1.79 bits per heavy atom. The van der Waals surface area contributed by atoms with Crippen molar-refractivity contribution in [1.82, 2.24) is 15.1 Å². The summed E-state index contributed by atoms with van der Waals surface area (Å²) in [6.07, 6.45) is 7.57. The van der Waals surface area contributed by atoms with E-state index >= 15 is 0 Å². The van der Waals surface area contributed by atoms with Crippen LogP contribution < -0.4 is 10.1 Å². The van der Waals surface area contributed by atoms with Crippen molar-refractivity contribution >= 4 is 5.91 Å². The lowest BCUT2D eigenvalue weighted by atomic mass is 9.95. The van der Waals surface area contributed by atoms with Gasteiger partial charge in [0.2, 0.25) is 0 Å². The van der Waals surface area contributed by atoms with Gasteiger partial charge in [-0.1, -0.05) is 61.7 Å². The number of rotatable bonds is 6. The molecule has 1 aromatic heterocycles. The van der Waals surface area contributed by atoms with E-state index in [1.54, 1.807) is 7.11 Å². The average Bonchev–Trinajstić information content (AvgIpc) is 3.19. The van der Waals surface area contributed by atoms with Crippen molar-refractivity contribution in [3.8, 4) is 17.0 Å². The van der Waals surface area contributed by atoms with Gasteiger partial charge in [0.1, 0.15) is 11.4 Å². The summed E-state index contributed by atoms with van der Waals surface area (Å²) in [5.74, 6) is 0.654. The fraction of sp³-hybridized carbons (Fsp3) is 0.333. The molecule has 4 rings (SSSR count). The van der Waals surface area contributed by atoms with E-state index in [1.165, 1.54) is 19.3 Å². The number of nitrogens with one attached hydrogen (secondary N) is 1. The van der Waals surface area contributed by atoms with Gasteiger partial charge >= 0.3 is 0 Å². The molecule has 0 saturated heterocycles. The third-order valence-corrected chi connectivity index (χ3v) is 5.50. The molecule has 1 heterocycles. The van der Waals surface area contributed by atoms with Gasteiger partial charge in [0, 0.05) is 17.8 Å². The number of carbonyl (C=O) groups excluding carboxylic acids is 1. The van der Waals surface area contributed by atoms with Crippen molar-refractivity contribution in [2.75, 3.05) is 7.11 Å². The Morgan fingerprint density at radius 1 is 1.07 bits per heavy atom. The number of amides is 1. The summed E-state index contributed by atoms with van der Waals surface area (Å²) in [7, 11) is 1.64. The Balaban J connectivity index is 1.68. The van der Waals surface area contributed by atoms with Crippen molar-refractivity contribution < 1.29 is 9.53 Å². The van der Waals surface area contributed by atoms with Gasteiger partial charge in [0.15, 0.2) is 0 Å². The zero-order valence-electron chi connectivity index (χ0n) is 16.8. The molecular formula is C24H27N3O2. The zero-order chi connectivity index (χ0) is 20.1. The van der Waals surface area contributed by atoms with Crippen molar-refractivity contribution in [3.63, 3.8) is 0 Å². The number of methoxy groups -OCH3 is 1. The minimum absolute atomic E-state index is 0.0582.